The van der Waals surface area contributed by atoms with Gasteiger partial charge in [0.25, 0.3) is 0 Å². The van der Waals surface area contributed by atoms with Crippen molar-refractivity contribution in [1.82, 2.24) is 0 Å². The number of nitriles is 1. The van der Waals surface area contributed by atoms with Crippen molar-refractivity contribution in [2.75, 3.05) is 0 Å². The largest absolute Gasteiger partial charge is 0.198 e. The Morgan fingerprint density at radius 3 is 2.06 bits per heavy atom. The second-order valence-electron chi connectivity index (χ2n) is 11.2. The van der Waals surface area contributed by atoms with Crippen molar-refractivity contribution in [2.24, 2.45) is 23.7 Å². The van der Waals surface area contributed by atoms with Crippen molar-refractivity contribution < 1.29 is 0 Å². The maximum atomic E-state index is 9.89. The lowest BCUT2D eigenvalue weighted by molar-refractivity contribution is 0.189. The number of hydrogen-bond donors (Lipinski definition) is 0. The second kappa shape index (κ2) is 14.1. The summed E-state index contributed by atoms with van der Waals surface area (Å²) in [4.78, 5) is 0. The van der Waals surface area contributed by atoms with Crippen LogP contribution in [0.25, 0.3) is 0 Å². The van der Waals surface area contributed by atoms with Gasteiger partial charge in [0, 0.05) is 5.92 Å². The molecule has 2 aliphatic rings. The van der Waals surface area contributed by atoms with Crippen LogP contribution in [0.3, 0.4) is 0 Å². The zero-order valence-electron chi connectivity index (χ0n) is 21.2. The number of hydrogen-bond acceptors (Lipinski definition) is 1. The van der Waals surface area contributed by atoms with E-state index in [1.54, 1.807) is 5.56 Å². The first-order chi connectivity index (χ1) is 15.7. The third-order valence-electron chi connectivity index (χ3n) is 8.78. The van der Waals surface area contributed by atoms with Gasteiger partial charge in [-0.3, -0.25) is 0 Å². The van der Waals surface area contributed by atoms with Crippen molar-refractivity contribution in [3.8, 4) is 6.07 Å². The minimum absolute atomic E-state index is 0.315. The molecule has 0 saturated heterocycles. The molecule has 1 unspecified atom stereocenters. The minimum Gasteiger partial charge on any atom is -0.198 e. The molecule has 1 aromatic rings. The summed E-state index contributed by atoms with van der Waals surface area (Å²) >= 11 is 0. The number of rotatable bonds is 12. The monoisotopic (exact) mass is 435 g/mol. The van der Waals surface area contributed by atoms with Gasteiger partial charge in [-0.05, 0) is 92.6 Å². The third kappa shape index (κ3) is 7.93. The molecule has 0 heterocycles. The molecule has 1 nitrogen and oxygen atoms in total. The molecule has 178 valence electrons. The molecule has 2 aliphatic carbocycles. The smallest absolute Gasteiger partial charge is 0.0658 e. The van der Waals surface area contributed by atoms with Crippen LogP contribution < -0.4 is 0 Å². The lowest BCUT2D eigenvalue weighted by Gasteiger charge is -2.34. The van der Waals surface area contributed by atoms with Crippen LogP contribution in [0.2, 0.25) is 0 Å². The molecule has 0 radical (unpaired) electrons. The fourth-order valence-corrected chi connectivity index (χ4v) is 6.62. The van der Waals surface area contributed by atoms with Crippen molar-refractivity contribution in [3.63, 3.8) is 0 Å². The van der Waals surface area contributed by atoms with E-state index in [0.717, 1.165) is 17.8 Å². The Kier molecular flexibility index (Phi) is 11.1. The highest BCUT2D eigenvalue weighted by atomic mass is 14.4. The standard InChI is InChI=1S/C31H49N/c1-3-5-6-7-8-10-26-13-17-28(18-14-26)29-21-15-27(16-22-29)23-31(24-32)30-19-11-25(9-4-2)12-20-30/h13-14,17-18,25,27,29-31H,3-12,15-16,19-23H2,1-2H3. The molecule has 1 atom stereocenters. The third-order valence-corrected chi connectivity index (χ3v) is 8.78. The summed E-state index contributed by atoms with van der Waals surface area (Å²) in [6, 6.07) is 12.4. The van der Waals surface area contributed by atoms with Gasteiger partial charge >= 0.3 is 0 Å². The molecule has 0 spiro atoms. The van der Waals surface area contributed by atoms with Crippen molar-refractivity contribution in [2.45, 2.75) is 129 Å². The Balaban J connectivity index is 1.38. The van der Waals surface area contributed by atoms with Crippen LogP contribution in [0.5, 0.6) is 0 Å². The van der Waals surface area contributed by atoms with Gasteiger partial charge in [-0.25, -0.2) is 0 Å². The summed E-state index contributed by atoms with van der Waals surface area (Å²) in [6.07, 6.45) is 22.6. The van der Waals surface area contributed by atoms with Crippen molar-refractivity contribution in [1.29, 1.82) is 5.26 Å². The Morgan fingerprint density at radius 2 is 1.44 bits per heavy atom. The van der Waals surface area contributed by atoms with Crippen LogP contribution in [-0.2, 0) is 6.42 Å². The van der Waals surface area contributed by atoms with E-state index in [2.05, 4.69) is 44.2 Å². The van der Waals surface area contributed by atoms with E-state index in [1.807, 2.05) is 0 Å². The molecular weight excluding hydrogens is 386 g/mol. The first kappa shape index (κ1) is 25.3. The van der Waals surface area contributed by atoms with Gasteiger partial charge in [-0.15, -0.1) is 0 Å². The molecule has 0 aromatic heterocycles. The molecule has 0 N–H and O–H groups in total. The van der Waals surface area contributed by atoms with E-state index in [0.29, 0.717) is 11.8 Å². The lowest BCUT2D eigenvalue weighted by atomic mass is 9.70. The van der Waals surface area contributed by atoms with Gasteiger partial charge in [0.15, 0.2) is 0 Å². The average Bonchev–Trinajstić information content (AvgIpc) is 2.84. The summed E-state index contributed by atoms with van der Waals surface area (Å²) in [7, 11) is 0. The number of nitrogens with zero attached hydrogens (tertiary/aromatic N) is 1. The van der Waals surface area contributed by atoms with Crippen LogP contribution in [0.15, 0.2) is 24.3 Å². The van der Waals surface area contributed by atoms with Gasteiger partial charge in [0.05, 0.1) is 6.07 Å². The van der Waals surface area contributed by atoms with Crippen LogP contribution in [0.4, 0.5) is 0 Å². The van der Waals surface area contributed by atoms with E-state index >= 15 is 0 Å². The maximum absolute atomic E-state index is 9.89. The topological polar surface area (TPSA) is 23.8 Å². The summed E-state index contributed by atoms with van der Waals surface area (Å²) in [5, 5.41) is 9.89. The normalized spacial score (nSPS) is 27.0. The second-order valence-corrected chi connectivity index (χ2v) is 11.2. The van der Waals surface area contributed by atoms with Crippen LogP contribution >= 0.6 is 0 Å². The van der Waals surface area contributed by atoms with Gasteiger partial charge in [-0.1, -0.05) is 89.5 Å². The van der Waals surface area contributed by atoms with Gasteiger partial charge in [0.1, 0.15) is 0 Å². The van der Waals surface area contributed by atoms with E-state index < -0.39 is 0 Å². The van der Waals surface area contributed by atoms with Crippen LogP contribution in [-0.4, -0.2) is 0 Å². The van der Waals surface area contributed by atoms with E-state index in [1.165, 1.54) is 115 Å². The first-order valence-corrected chi connectivity index (χ1v) is 14.2. The zero-order chi connectivity index (χ0) is 22.6. The summed E-state index contributed by atoms with van der Waals surface area (Å²) < 4.78 is 0. The molecule has 2 saturated carbocycles. The first-order valence-electron chi connectivity index (χ1n) is 14.2. The molecule has 0 amide bonds. The number of benzene rings is 1. The fraction of sp³-hybridized carbons (Fsp3) is 0.774. The SMILES string of the molecule is CCCCCCCc1ccc(C2CCC(CC(C#N)C3CCC(CCC)CC3)CC2)cc1. The predicted octanol–water partition coefficient (Wildman–Crippen LogP) is 9.61. The molecule has 1 aromatic carbocycles. The van der Waals surface area contributed by atoms with Gasteiger partial charge in [0.2, 0.25) is 0 Å². The highest BCUT2D eigenvalue weighted by Gasteiger charge is 2.31. The summed E-state index contributed by atoms with van der Waals surface area (Å²) in [6.45, 7) is 4.59. The quantitative estimate of drug-likeness (QED) is 0.300. The number of aryl methyl sites for hydroxylation is 1. The molecular formula is C31H49N. The number of unbranched alkanes of at least 4 members (excludes halogenated alkanes) is 4. The minimum atomic E-state index is 0.315. The predicted molar refractivity (Wildman–Crippen MR) is 138 cm³/mol. The molecule has 3 rings (SSSR count). The molecule has 1 heteroatoms. The van der Waals surface area contributed by atoms with Crippen LogP contribution in [0.1, 0.15) is 134 Å². The van der Waals surface area contributed by atoms with Gasteiger partial charge in [-0.2, -0.15) is 5.26 Å². The van der Waals surface area contributed by atoms with Crippen LogP contribution in [0, 0.1) is 35.0 Å². The summed E-state index contributed by atoms with van der Waals surface area (Å²) in [5.41, 5.74) is 3.08. The fourth-order valence-electron chi connectivity index (χ4n) is 6.62. The highest BCUT2D eigenvalue weighted by Crippen LogP contribution is 2.42. The highest BCUT2D eigenvalue weighted by molar-refractivity contribution is 5.26. The summed E-state index contributed by atoms with van der Waals surface area (Å²) in [5.74, 6) is 3.47. The Morgan fingerprint density at radius 1 is 0.781 bits per heavy atom. The zero-order valence-corrected chi connectivity index (χ0v) is 21.2. The van der Waals surface area contributed by atoms with E-state index in [9.17, 15) is 5.26 Å². The lowest BCUT2D eigenvalue weighted by Crippen LogP contribution is -2.24. The molecule has 0 bridgehead atoms. The van der Waals surface area contributed by atoms with Gasteiger partial charge < -0.3 is 0 Å². The van der Waals surface area contributed by atoms with Crippen molar-refractivity contribution in [3.05, 3.63) is 35.4 Å². The molecule has 2 fully saturated rings. The molecule has 32 heavy (non-hydrogen) atoms. The Hall–Kier alpha value is -1.29. The van der Waals surface area contributed by atoms with Crippen molar-refractivity contribution >= 4 is 0 Å². The van der Waals surface area contributed by atoms with E-state index in [4.69, 9.17) is 0 Å². The Bertz CT molecular complexity index is 653. The average molecular weight is 436 g/mol. The Labute approximate surface area is 199 Å². The van der Waals surface area contributed by atoms with E-state index in [-0.39, 0.29) is 0 Å². The molecule has 0 aliphatic heterocycles. The maximum Gasteiger partial charge on any atom is 0.0658 e.